The highest BCUT2D eigenvalue weighted by Gasteiger charge is 2.35. The van der Waals surface area contributed by atoms with Crippen molar-refractivity contribution in [3.8, 4) is 5.75 Å². The van der Waals surface area contributed by atoms with E-state index in [2.05, 4.69) is 26.1 Å². The number of hydrogen-bond acceptors (Lipinski definition) is 2. The molecule has 1 aliphatic rings. The number of halogens is 1. The van der Waals surface area contributed by atoms with E-state index >= 15 is 0 Å². The van der Waals surface area contributed by atoms with Crippen LogP contribution in [-0.4, -0.2) is 18.7 Å². The minimum Gasteiger partial charge on any atom is -0.487 e. The normalized spacial score (nSPS) is 31.2. The SMILES string of the molecule is CCNC1CC(C)CC(C)C1Oc1ccccc1Cl. The van der Waals surface area contributed by atoms with Crippen LogP contribution in [0.5, 0.6) is 5.75 Å². The average Bonchev–Trinajstić information content (AvgIpc) is 2.36. The van der Waals surface area contributed by atoms with Crippen LogP contribution < -0.4 is 10.1 Å². The maximum Gasteiger partial charge on any atom is 0.138 e. The summed E-state index contributed by atoms with van der Waals surface area (Å²) < 4.78 is 6.22. The molecule has 2 nitrogen and oxygen atoms in total. The quantitative estimate of drug-likeness (QED) is 0.896. The molecule has 0 aliphatic heterocycles. The zero-order valence-electron chi connectivity index (χ0n) is 12.0. The van der Waals surface area contributed by atoms with Gasteiger partial charge in [0.2, 0.25) is 0 Å². The van der Waals surface area contributed by atoms with E-state index in [4.69, 9.17) is 16.3 Å². The van der Waals surface area contributed by atoms with Gasteiger partial charge in [0.25, 0.3) is 0 Å². The Morgan fingerprint density at radius 3 is 2.68 bits per heavy atom. The summed E-state index contributed by atoms with van der Waals surface area (Å²) in [6.45, 7) is 7.73. The van der Waals surface area contributed by atoms with Crippen LogP contribution in [-0.2, 0) is 0 Å². The summed E-state index contributed by atoms with van der Waals surface area (Å²) >= 11 is 6.20. The van der Waals surface area contributed by atoms with E-state index in [0.29, 0.717) is 17.0 Å². The first-order valence-electron chi connectivity index (χ1n) is 7.26. The summed E-state index contributed by atoms with van der Waals surface area (Å²) in [7, 11) is 0. The van der Waals surface area contributed by atoms with E-state index in [0.717, 1.165) is 18.2 Å². The molecule has 0 heterocycles. The Morgan fingerprint density at radius 2 is 2.00 bits per heavy atom. The second kappa shape index (κ2) is 6.62. The predicted molar refractivity (Wildman–Crippen MR) is 80.9 cm³/mol. The Kier molecular flexibility index (Phi) is 5.12. The summed E-state index contributed by atoms with van der Waals surface area (Å²) in [5.74, 6) is 2.10. The number of likely N-dealkylation sites (N-methyl/N-ethyl adjacent to an activating group) is 1. The Bertz CT molecular complexity index is 409. The molecule has 4 unspecified atom stereocenters. The fourth-order valence-corrected chi connectivity index (χ4v) is 3.36. The Labute approximate surface area is 121 Å². The van der Waals surface area contributed by atoms with Gasteiger partial charge in [0.1, 0.15) is 11.9 Å². The number of ether oxygens (including phenoxy) is 1. The van der Waals surface area contributed by atoms with Crippen LogP contribution in [0.15, 0.2) is 24.3 Å². The van der Waals surface area contributed by atoms with Crippen molar-refractivity contribution in [3.05, 3.63) is 29.3 Å². The monoisotopic (exact) mass is 281 g/mol. The van der Waals surface area contributed by atoms with Crippen molar-refractivity contribution >= 4 is 11.6 Å². The summed E-state index contributed by atoms with van der Waals surface area (Å²) in [6, 6.07) is 8.16. The molecule has 1 N–H and O–H groups in total. The van der Waals surface area contributed by atoms with Gasteiger partial charge in [0, 0.05) is 6.04 Å². The maximum absolute atomic E-state index is 6.22. The molecule has 1 fully saturated rings. The third-order valence-corrected chi connectivity index (χ3v) is 4.27. The Morgan fingerprint density at radius 1 is 1.26 bits per heavy atom. The number of rotatable bonds is 4. The van der Waals surface area contributed by atoms with Gasteiger partial charge in [-0.1, -0.05) is 44.5 Å². The van der Waals surface area contributed by atoms with E-state index in [-0.39, 0.29) is 6.10 Å². The van der Waals surface area contributed by atoms with E-state index in [1.807, 2.05) is 24.3 Å². The first-order chi connectivity index (χ1) is 9.11. The molecular weight excluding hydrogens is 258 g/mol. The van der Waals surface area contributed by atoms with Gasteiger partial charge in [-0.15, -0.1) is 0 Å². The molecule has 1 aromatic carbocycles. The van der Waals surface area contributed by atoms with Gasteiger partial charge >= 0.3 is 0 Å². The second-order valence-electron chi connectivity index (χ2n) is 5.73. The Balaban J connectivity index is 2.13. The smallest absolute Gasteiger partial charge is 0.138 e. The molecule has 0 amide bonds. The molecule has 0 aromatic heterocycles. The summed E-state index contributed by atoms with van der Waals surface area (Å²) in [6.07, 6.45) is 2.60. The van der Waals surface area contributed by atoms with Crippen molar-refractivity contribution in [2.75, 3.05) is 6.54 Å². The van der Waals surface area contributed by atoms with Crippen LogP contribution >= 0.6 is 11.6 Å². The molecule has 0 saturated heterocycles. The molecule has 2 rings (SSSR count). The number of nitrogens with one attached hydrogen (secondary N) is 1. The summed E-state index contributed by atoms with van der Waals surface area (Å²) in [5, 5.41) is 4.26. The lowest BCUT2D eigenvalue weighted by molar-refractivity contribution is 0.0484. The second-order valence-corrected chi connectivity index (χ2v) is 6.14. The Hall–Kier alpha value is -0.730. The molecule has 3 heteroatoms. The molecule has 1 saturated carbocycles. The van der Waals surface area contributed by atoms with Crippen LogP contribution in [0.25, 0.3) is 0 Å². The van der Waals surface area contributed by atoms with Crippen LogP contribution in [0.2, 0.25) is 5.02 Å². The van der Waals surface area contributed by atoms with Crippen LogP contribution in [0.3, 0.4) is 0 Å². The minimum absolute atomic E-state index is 0.205. The molecule has 4 atom stereocenters. The number of hydrogen-bond donors (Lipinski definition) is 1. The van der Waals surface area contributed by atoms with E-state index in [9.17, 15) is 0 Å². The highest BCUT2D eigenvalue weighted by Crippen LogP contribution is 2.34. The molecule has 0 radical (unpaired) electrons. The van der Waals surface area contributed by atoms with Crippen LogP contribution in [0.4, 0.5) is 0 Å². The van der Waals surface area contributed by atoms with Gasteiger partial charge in [0.05, 0.1) is 5.02 Å². The van der Waals surface area contributed by atoms with Crippen molar-refractivity contribution in [1.82, 2.24) is 5.32 Å². The first-order valence-corrected chi connectivity index (χ1v) is 7.64. The van der Waals surface area contributed by atoms with Gasteiger partial charge in [-0.3, -0.25) is 0 Å². The van der Waals surface area contributed by atoms with Gasteiger partial charge in [0.15, 0.2) is 0 Å². The molecular formula is C16H24ClNO. The fourth-order valence-electron chi connectivity index (χ4n) is 3.18. The van der Waals surface area contributed by atoms with Gasteiger partial charge in [-0.2, -0.15) is 0 Å². The molecule has 0 bridgehead atoms. The lowest BCUT2D eigenvalue weighted by Gasteiger charge is -2.40. The highest BCUT2D eigenvalue weighted by atomic mass is 35.5. The molecule has 1 aromatic rings. The highest BCUT2D eigenvalue weighted by molar-refractivity contribution is 6.32. The maximum atomic E-state index is 6.22. The largest absolute Gasteiger partial charge is 0.487 e. The van der Waals surface area contributed by atoms with Gasteiger partial charge in [-0.25, -0.2) is 0 Å². The van der Waals surface area contributed by atoms with E-state index < -0.39 is 0 Å². The van der Waals surface area contributed by atoms with Crippen molar-refractivity contribution in [3.63, 3.8) is 0 Å². The summed E-state index contributed by atoms with van der Waals surface area (Å²) in [5.41, 5.74) is 0. The van der Waals surface area contributed by atoms with Crippen LogP contribution in [0, 0.1) is 11.8 Å². The average molecular weight is 282 g/mol. The standard InChI is InChI=1S/C16H24ClNO/c1-4-18-14-10-11(2)9-12(3)16(14)19-15-8-6-5-7-13(15)17/h5-8,11-12,14,16,18H,4,9-10H2,1-3H3. The minimum atomic E-state index is 0.205. The summed E-state index contributed by atoms with van der Waals surface area (Å²) in [4.78, 5) is 0. The fraction of sp³-hybridized carbons (Fsp3) is 0.625. The lowest BCUT2D eigenvalue weighted by atomic mass is 9.78. The van der Waals surface area contributed by atoms with Crippen molar-refractivity contribution in [1.29, 1.82) is 0 Å². The van der Waals surface area contributed by atoms with Crippen LogP contribution in [0.1, 0.15) is 33.6 Å². The zero-order chi connectivity index (χ0) is 13.8. The number of benzene rings is 1. The van der Waals surface area contributed by atoms with Gasteiger partial charge < -0.3 is 10.1 Å². The topological polar surface area (TPSA) is 21.3 Å². The lowest BCUT2D eigenvalue weighted by Crippen LogP contribution is -2.50. The third kappa shape index (κ3) is 3.64. The molecule has 106 valence electrons. The number of para-hydroxylation sites is 1. The van der Waals surface area contributed by atoms with E-state index in [1.54, 1.807) is 0 Å². The van der Waals surface area contributed by atoms with Crippen molar-refractivity contribution in [2.45, 2.75) is 45.8 Å². The van der Waals surface area contributed by atoms with Crippen molar-refractivity contribution in [2.24, 2.45) is 11.8 Å². The molecule has 19 heavy (non-hydrogen) atoms. The molecule has 1 aliphatic carbocycles. The van der Waals surface area contributed by atoms with Crippen molar-refractivity contribution < 1.29 is 4.74 Å². The zero-order valence-corrected chi connectivity index (χ0v) is 12.8. The third-order valence-electron chi connectivity index (χ3n) is 3.95. The molecule has 0 spiro atoms. The first kappa shape index (κ1) is 14.7. The predicted octanol–water partition coefficient (Wildman–Crippen LogP) is 4.13. The van der Waals surface area contributed by atoms with Gasteiger partial charge in [-0.05, 0) is 43.4 Å². The van der Waals surface area contributed by atoms with E-state index in [1.165, 1.54) is 12.8 Å².